The highest BCUT2D eigenvalue weighted by molar-refractivity contribution is 5.93. The molecule has 2 atom stereocenters. The number of nitrogens with zero attached hydrogens (tertiary/aromatic N) is 3. The first-order chi connectivity index (χ1) is 12.7. The summed E-state index contributed by atoms with van der Waals surface area (Å²) >= 11 is 0. The Morgan fingerprint density at radius 1 is 1.37 bits per heavy atom. The molecule has 0 spiro atoms. The first-order valence-corrected chi connectivity index (χ1v) is 9.40. The number of carboxylic acid groups (broad SMARTS) is 1. The minimum absolute atomic E-state index is 0.00189. The van der Waals surface area contributed by atoms with Crippen molar-refractivity contribution in [1.29, 1.82) is 0 Å². The van der Waals surface area contributed by atoms with E-state index in [-0.39, 0.29) is 18.9 Å². The largest absolute Gasteiger partial charge is 0.481 e. The molecule has 0 aliphatic carbocycles. The SMILES string of the molecule is Cc1cccc2nc(C(=O)N3CC[C@H](O)[C@](CCC(C)C)(C(=O)O)C3)cn12. The van der Waals surface area contributed by atoms with E-state index in [1.54, 1.807) is 6.20 Å². The van der Waals surface area contributed by atoms with Crippen molar-refractivity contribution in [2.75, 3.05) is 13.1 Å². The van der Waals surface area contributed by atoms with Crippen LogP contribution in [0.25, 0.3) is 5.65 Å². The van der Waals surface area contributed by atoms with Gasteiger partial charge in [0.2, 0.25) is 0 Å². The van der Waals surface area contributed by atoms with Gasteiger partial charge in [-0.25, -0.2) is 4.98 Å². The lowest BCUT2D eigenvalue weighted by Crippen LogP contribution is -2.57. The molecule has 0 radical (unpaired) electrons. The normalized spacial score (nSPS) is 23.1. The number of hydrogen-bond acceptors (Lipinski definition) is 4. The zero-order valence-electron chi connectivity index (χ0n) is 16.1. The number of aryl methyl sites for hydroxylation is 1. The van der Waals surface area contributed by atoms with Crippen molar-refractivity contribution in [3.8, 4) is 0 Å². The predicted octanol–water partition coefficient (Wildman–Crippen LogP) is 2.36. The minimum Gasteiger partial charge on any atom is -0.481 e. The molecule has 2 aromatic rings. The number of aliphatic hydroxyl groups excluding tert-OH is 1. The smallest absolute Gasteiger partial charge is 0.314 e. The Labute approximate surface area is 158 Å². The molecule has 0 saturated carbocycles. The number of aromatic nitrogens is 2. The van der Waals surface area contributed by atoms with Crippen LogP contribution in [0.3, 0.4) is 0 Å². The van der Waals surface area contributed by atoms with E-state index >= 15 is 0 Å². The lowest BCUT2D eigenvalue weighted by Gasteiger charge is -2.43. The van der Waals surface area contributed by atoms with Gasteiger partial charge in [-0.05, 0) is 44.2 Å². The molecule has 1 saturated heterocycles. The fourth-order valence-corrected chi connectivity index (χ4v) is 3.78. The fraction of sp³-hybridized carbons (Fsp3) is 0.550. The Bertz CT molecular complexity index is 860. The summed E-state index contributed by atoms with van der Waals surface area (Å²) in [4.78, 5) is 31.0. The maximum absolute atomic E-state index is 13.0. The van der Waals surface area contributed by atoms with Gasteiger partial charge in [0.05, 0.1) is 6.10 Å². The van der Waals surface area contributed by atoms with Gasteiger partial charge in [-0.2, -0.15) is 0 Å². The number of carbonyl (C=O) groups excluding carboxylic acids is 1. The first-order valence-electron chi connectivity index (χ1n) is 9.40. The van der Waals surface area contributed by atoms with Gasteiger partial charge in [0, 0.05) is 25.0 Å². The molecular formula is C20H27N3O4. The molecule has 146 valence electrons. The van der Waals surface area contributed by atoms with Crippen LogP contribution in [0.4, 0.5) is 0 Å². The maximum atomic E-state index is 13.0. The van der Waals surface area contributed by atoms with E-state index in [1.807, 2.05) is 43.4 Å². The van der Waals surface area contributed by atoms with E-state index < -0.39 is 17.5 Å². The fourth-order valence-electron chi connectivity index (χ4n) is 3.78. The third-order valence-electron chi connectivity index (χ3n) is 5.58. The van der Waals surface area contributed by atoms with Crippen LogP contribution in [0.2, 0.25) is 0 Å². The molecule has 1 aliphatic rings. The van der Waals surface area contributed by atoms with Crippen LogP contribution in [0.5, 0.6) is 0 Å². The van der Waals surface area contributed by atoms with Gasteiger partial charge in [0.25, 0.3) is 5.91 Å². The second-order valence-electron chi connectivity index (χ2n) is 7.95. The number of hydrogen-bond donors (Lipinski definition) is 2. The summed E-state index contributed by atoms with van der Waals surface area (Å²) in [6, 6.07) is 5.64. The number of carboxylic acids is 1. The van der Waals surface area contributed by atoms with Crippen molar-refractivity contribution < 1.29 is 19.8 Å². The summed E-state index contributed by atoms with van der Waals surface area (Å²) in [6.07, 6.45) is 2.01. The van der Waals surface area contributed by atoms with Gasteiger partial charge in [-0.15, -0.1) is 0 Å². The number of rotatable bonds is 5. The van der Waals surface area contributed by atoms with Crippen molar-refractivity contribution in [3.05, 3.63) is 35.8 Å². The number of piperidine rings is 1. The van der Waals surface area contributed by atoms with Crippen LogP contribution in [-0.2, 0) is 4.79 Å². The molecule has 0 bridgehead atoms. The van der Waals surface area contributed by atoms with Crippen LogP contribution in [0.15, 0.2) is 24.4 Å². The quantitative estimate of drug-likeness (QED) is 0.839. The number of carbonyl (C=O) groups is 2. The summed E-state index contributed by atoms with van der Waals surface area (Å²) in [5.74, 6) is -1.01. The standard InChI is InChI=1S/C20H27N3O4/c1-13(2)7-9-20(19(26)27)12-22(10-8-16(20)24)18(25)15-11-23-14(3)5-4-6-17(23)21-15/h4-6,11,13,16,24H,7-10,12H2,1-3H3,(H,26,27)/t16-,20+/m0/s1. The molecule has 0 aromatic carbocycles. The third kappa shape index (κ3) is 3.56. The Balaban J connectivity index is 1.88. The van der Waals surface area contributed by atoms with Gasteiger partial charge in [-0.3, -0.25) is 9.59 Å². The maximum Gasteiger partial charge on any atom is 0.314 e. The lowest BCUT2D eigenvalue weighted by molar-refractivity contribution is -0.163. The van der Waals surface area contributed by atoms with Gasteiger partial charge < -0.3 is 19.5 Å². The van der Waals surface area contributed by atoms with Gasteiger partial charge in [-0.1, -0.05) is 19.9 Å². The Kier molecular flexibility index (Phi) is 5.24. The Morgan fingerprint density at radius 3 is 2.74 bits per heavy atom. The molecule has 7 heteroatoms. The summed E-state index contributed by atoms with van der Waals surface area (Å²) in [6.45, 7) is 6.30. The molecule has 0 unspecified atom stereocenters. The van der Waals surface area contributed by atoms with Gasteiger partial charge >= 0.3 is 5.97 Å². The molecule has 3 rings (SSSR count). The van der Waals surface area contributed by atoms with Crippen molar-refractivity contribution >= 4 is 17.5 Å². The molecular weight excluding hydrogens is 346 g/mol. The van der Waals surface area contributed by atoms with Gasteiger partial charge in [0.15, 0.2) is 0 Å². The van der Waals surface area contributed by atoms with E-state index in [0.29, 0.717) is 36.6 Å². The molecule has 2 aromatic heterocycles. The average molecular weight is 373 g/mol. The van der Waals surface area contributed by atoms with E-state index in [0.717, 1.165) is 5.69 Å². The second-order valence-corrected chi connectivity index (χ2v) is 7.95. The highest BCUT2D eigenvalue weighted by Gasteiger charge is 2.50. The third-order valence-corrected chi connectivity index (χ3v) is 5.58. The number of pyridine rings is 1. The van der Waals surface area contributed by atoms with E-state index in [1.165, 1.54) is 4.90 Å². The Hall–Kier alpha value is -2.41. The number of imidazole rings is 1. The molecule has 27 heavy (non-hydrogen) atoms. The average Bonchev–Trinajstić information content (AvgIpc) is 3.06. The van der Waals surface area contributed by atoms with Gasteiger partial charge in [0.1, 0.15) is 16.8 Å². The molecule has 1 aliphatic heterocycles. The highest BCUT2D eigenvalue weighted by Crippen LogP contribution is 2.37. The number of aliphatic hydroxyl groups is 1. The van der Waals surface area contributed by atoms with E-state index in [2.05, 4.69) is 4.98 Å². The van der Waals surface area contributed by atoms with Crippen molar-refractivity contribution in [2.24, 2.45) is 11.3 Å². The zero-order valence-corrected chi connectivity index (χ0v) is 16.1. The molecule has 7 nitrogen and oxygen atoms in total. The van der Waals surface area contributed by atoms with Crippen molar-refractivity contribution in [1.82, 2.24) is 14.3 Å². The lowest BCUT2D eigenvalue weighted by atomic mass is 9.72. The monoisotopic (exact) mass is 373 g/mol. The summed E-state index contributed by atoms with van der Waals surface area (Å²) in [5, 5.41) is 20.4. The first kappa shape index (κ1) is 19.4. The number of amides is 1. The summed E-state index contributed by atoms with van der Waals surface area (Å²) < 4.78 is 1.84. The molecule has 3 heterocycles. The second kappa shape index (κ2) is 7.31. The Morgan fingerprint density at radius 2 is 2.11 bits per heavy atom. The topological polar surface area (TPSA) is 95.1 Å². The van der Waals surface area contributed by atoms with E-state index in [4.69, 9.17) is 0 Å². The summed E-state index contributed by atoms with van der Waals surface area (Å²) in [5.41, 5.74) is 0.612. The number of fused-ring (bicyclic) bond motifs is 1. The van der Waals surface area contributed by atoms with E-state index in [9.17, 15) is 19.8 Å². The predicted molar refractivity (Wildman–Crippen MR) is 101 cm³/mol. The summed E-state index contributed by atoms with van der Waals surface area (Å²) in [7, 11) is 0. The van der Waals surface area contributed by atoms with Crippen LogP contribution in [0, 0.1) is 18.3 Å². The van der Waals surface area contributed by atoms with Crippen molar-refractivity contribution in [2.45, 2.75) is 46.1 Å². The van der Waals surface area contributed by atoms with Crippen LogP contribution in [-0.4, -0.2) is 55.6 Å². The number of aliphatic carboxylic acids is 1. The molecule has 2 N–H and O–H groups in total. The molecule has 1 fully saturated rings. The highest BCUT2D eigenvalue weighted by atomic mass is 16.4. The van der Waals surface area contributed by atoms with Crippen LogP contribution in [0.1, 0.15) is 49.3 Å². The van der Waals surface area contributed by atoms with Crippen molar-refractivity contribution in [3.63, 3.8) is 0 Å². The number of likely N-dealkylation sites (tertiary alicyclic amines) is 1. The van der Waals surface area contributed by atoms with Crippen LogP contribution < -0.4 is 0 Å². The molecule has 1 amide bonds. The zero-order chi connectivity index (χ0) is 19.8. The minimum atomic E-state index is -1.33. The van der Waals surface area contributed by atoms with Crippen LogP contribution >= 0.6 is 0 Å².